The lowest BCUT2D eigenvalue weighted by atomic mass is 9.99. The summed E-state index contributed by atoms with van der Waals surface area (Å²) in [7, 11) is 0. The molecule has 108 valence electrons. The molecule has 1 aliphatic carbocycles. The van der Waals surface area contributed by atoms with Crippen molar-refractivity contribution in [3.05, 3.63) is 33.2 Å². The van der Waals surface area contributed by atoms with Crippen molar-refractivity contribution in [2.75, 3.05) is 13.1 Å². The Morgan fingerprint density at radius 2 is 2.05 bits per heavy atom. The molecule has 0 bridgehead atoms. The highest BCUT2D eigenvalue weighted by Crippen LogP contribution is 2.41. The number of pyridine rings is 1. The van der Waals surface area contributed by atoms with Gasteiger partial charge >= 0.3 is 0 Å². The standard InChI is InChI=1S/C15H21N3O2/c1-8-5-9(2)17-14(19)13(8)15(20)18-6-11(10-3-4-10)12(16)7-18/h5,10-12H,3-4,6-7,16H2,1-2H3,(H,17,19)/t11-,12+/m1/s1. The van der Waals surface area contributed by atoms with Gasteiger partial charge in [-0.05, 0) is 50.2 Å². The third kappa shape index (κ3) is 2.26. The van der Waals surface area contributed by atoms with Crippen molar-refractivity contribution in [3.8, 4) is 0 Å². The number of aryl methyl sites for hydroxylation is 2. The molecule has 0 spiro atoms. The molecule has 1 aromatic rings. The molecule has 5 nitrogen and oxygen atoms in total. The first-order valence-corrected chi connectivity index (χ1v) is 7.22. The number of aromatic amines is 1. The van der Waals surface area contributed by atoms with Gasteiger partial charge < -0.3 is 15.6 Å². The van der Waals surface area contributed by atoms with Crippen LogP contribution in [-0.4, -0.2) is 34.9 Å². The summed E-state index contributed by atoms with van der Waals surface area (Å²) in [4.78, 5) is 29.1. The number of aromatic nitrogens is 1. The molecule has 1 saturated carbocycles. The van der Waals surface area contributed by atoms with E-state index in [2.05, 4.69) is 4.98 Å². The highest BCUT2D eigenvalue weighted by molar-refractivity contribution is 5.95. The number of carbonyl (C=O) groups excluding carboxylic acids is 1. The topological polar surface area (TPSA) is 79.2 Å². The van der Waals surface area contributed by atoms with Crippen LogP contribution < -0.4 is 11.3 Å². The highest BCUT2D eigenvalue weighted by atomic mass is 16.2. The van der Waals surface area contributed by atoms with Gasteiger partial charge in [0.15, 0.2) is 0 Å². The first kappa shape index (κ1) is 13.4. The van der Waals surface area contributed by atoms with Gasteiger partial charge in [-0.1, -0.05) is 0 Å². The Labute approximate surface area is 118 Å². The molecule has 5 heteroatoms. The largest absolute Gasteiger partial charge is 0.337 e. The lowest BCUT2D eigenvalue weighted by Crippen LogP contribution is -2.36. The maximum atomic E-state index is 12.6. The molecule has 2 atom stereocenters. The van der Waals surface area contributed by atoms with Crippen molar-refractivity contribution in [2.45, 2.75) is 32.7 Å². The summed E-state index contributed by atoms with van der Waals surface area (Å²) in [5, 5.41) is 0. The van der Waals surface area contributed by atoms with Crippen LogP contribution in [0.1, 0.15) is 34.5 Å². The molecule has 1 aliphatic heterocycles. The normalized spacial score (nSPS) is 26.1. The Morgan fingerprint density at radius 3 is 2.65 bits per heavy atom. The summed E-state index contributed by atoms with van der Waals surface area (Å²) in [5.41, 5.74) is 7.63. The van der Waals surface area contributed by atoms with E-state index in [9.17, 15) is 9.59 Å². The Hall–Kier alpha value is -1.62. The average Bonchev–Trinajstić information content (AvgIpc) is 3.11. The van der Waals surface area contributed by atoms with Crippen LogP contribution in [0.15, 0.2) is 10.9 Å². The molecule has 2 fully saturated rings. The van der Waals surface area contributed by atoms with Crippen LogP contribution in [0, 0.1) is 25.7 Å². The van der Waals surface area contributed by atoms with Crippen LogP contribution in [-0.2, 0) is 0 Å². The van der Waals surface area contributed by atoms with Gasteiger partial charge in [-0.2, -0.15) is 0 Å². The second-order valence-corrected chi connectivity index (χ2v) is 6.21. The molecule has 0 radical (unpaired) electrons. The van der Waals surface area contributed by atoms with Crippen LogP contribution >= 0.6 is 0 Å². The minimum absolute atomic E-state index is 0.0521. The molecular weight excluding hydrogens is 254 g/mol. The van der Waals surface area contributed by atoms with E-state index in [4.69, 9.17) is 5.73 Å². The first-order valence-electron chi connectivity index (χ1n) is 7.22. The van der Waals surface area contributed by atoms with E-state index < -0.39 is 0 Å². The number of rotatable bonds is 2. The Kier molecular flexibility index (Phi) is 3.17. The molecule has 1 aromatic heterocycles. The number of nitrogens with one attached hydrogen (secondary N) is 1. The lowest BCUT2D eigenvalue weighted by molar-refractivity contribution is 0.0782. The number of H-pyrrole nitrogens is 1. The van der Waals surface area contributed by atoms with E-state index in [1.54, 1.807) is 4.90 Å². The van der Waals surface area contributed by atoms with Crippen molar-refractivity contribution in [2.24, 2.45) is 17.6 Å². The third-order valence-electron chi connectivity index (χ3n) is 4.51. The van der Waals surface area contributed by atoms with Crippen molar-refractivity contribution in [1.29, 1.82) is 0 Å². The number of nitrogens with two attached hydrogens (primary N) is 1. The highest BCUT2D eigenvalue weighted by Gasteiger charge is 2.42. The Bertz CT molecular complexity index is 604. The molecule has 2 aliphatic rings. The summed E-state index contributed by atoms with van der Waals surface area (Å²) < 4.78 is 0. The molecule has 0 unspecified atom stereocenters. The van der Waals surface area contributed by atoms with E-state index in [0.717, 1.165) is 11.3 Å². The Morgan fingerprint density at radius 1 is 1.35 bits per heavy atom. The maximum Gasteiger partial charge on any atom is 0.261 e. The predicted molar refractivity (Wildman–Crippen MR) is 76.6 cm³/mol. The SMILES string of the molecule is Cc1cc(C)c(C(=O)N2C[C@H](C3CC3)[C@@H](N)C2)c(=O)[nH]1. The second-order valence-electron chi connectivity index (χ2n) is 6.21. The zero-order chi connectivity index (χ0) is 14.4. The fourth-order valence-electron chi connectivity index (χ4n) is 3.32. The number of likely N-dealkylation sites (tertiary alicyclic amines) is 1. The number of amides is 1. The summed E-state index contributed by atoms with van der Waals surface area (Å²) in [5.74, 6) is 0.909. The molecule has 20 heavy (non-hydrogen) atoms. The molecule has 0 aromatic carbocycles. The van der Waals surface area contributed by atoms with Crippen molar-refractivity contribution >= 4 is 5.91 Å². The average molecular weight is 275 g/mol. The van der Waals surface area contributed by atoms with Gasteiger partial charge in [0.25, 0.3) is 11.5 Å². The molecule has 1 amide bonds. The smallest absolute Gasteiger partial charge is 0.261 e. The van der Waals surface area contributed by atoms with E-state index in [1.807, 2.05) is 19.9 Å². The third-order valence-corrected chi connectivity index (χ3v) is 4.51. The van der Waals surface area contributed by atoms with Crippen LogP contribution in [0.4, 0.5) is 0 Å². The van der Waals surface area contributed by atoms with Gasteiger partial charge in [-0.3, -0.25) is 9.59 Å². The minimum Gasteiger partial charge on any atom is -0.337 e. The van der Waals surface area contributed by atoms with Crippen LogP contribution in [0.25, 0.3) is 0 Å². The second kappa shape index (κ2) is 4.74. The van der Waals surface area contributed by atoms with Gasteiger partial charge in [-0.25, -0.2) is 0 Å². The zero-order valence-electron chi connectivity index (χ0n) is 12.0. The number of nitrogens with zero attached hydrogens (tertiary/aromatic N) is 1. The van der Waals surface area contributed by atoms with Crippen molar-refractivity contribution in [1.82, 2.24) is 9.88 Å². The fraction of sp³-hybridized carbons (Fsp3) is 0.600. The van der Waals surface area contributed by atoms with E-state index in [1.165, 1.54) is 12.8 Å². The summed E-state index contributed by atoms with van der Waals surface area (Å²) in [6, 6.07) is 1.89. The molecule has 3 rings (SSSR count). The van der Waals surface area contributed by atoms with Gasteiger partial charge in [0, 0.05) is 24.8 Å². The van der Waals surface area contributed by atoms with Crippen LogP contribution in [0.3, 0.4) is 0 Å². The molecule has 1 saturated heterocycles. The van der Waals surface area contributed by atoms with Gasteiger partial charge in [-0.15, -0.1) is 0 Å². The number of hydrogen-bond donors (Lipinski definition) is 2. The zero-order valence-corrected chi connectivity index (χ0v) is 12.0. The maximum absolute atomic E-state index is 12.6. The Balaban J connectivity index is 1.85. The van der Waals surface area contributed by atoms with E-state index >= 15 is 0 Å². The lowest BCUT2D eigenvalue weighted by Gasteiger charge is -2.17. The van der Waals surface area contributed by atoms with Crippen LogP contribution in [0.2, 0.25) is 0 Å². The first-order chi connectivity index (χ1) is 9.47. The fourth-order valence-corrected chi connectivity index (χ4v) is 3.32. The van der Waals surface area contributed by atoms with Crippen molar-refractivity contribution < 1.29 is 4.79 Å². The summed E-state index contributed by atoms with van der Waals surface area (Å²) in [6.07, 6.45) is 2.45. The van der Waals surface area contributed by atoms with E-state index in [-0.39, 0.29) is 23.1 Å². The van der Waals surface area contributed by atoms with E-state index in [0.29, 0.717) is 24.9 Å². The van der Waals surface area contributed by atoms with Crippen molar-refractivity contribution in [3.63, 3.8) is 0 Å². The summed E-state index contributed by atoms with van der Waals surface area (Å²) in [6.45, 7) is 4.88. The summed E-state index contributed by atoms with van der Waals surface area (Å²) >= 11 is 0. The predicted octanol–water partition coefficient (Wildman–Crippen LogP) is 0.801. The van der Waals surface area contributed by atoms with Gasteiger partial charge in [0.05, 0.1) is 0 Å². The number of hydrogen-bond acceptors (Lipinski definition) is 3. The van der Waals surface area contributed by atoms with Crippen LogP contribution in [0.5, 0.6) is 0 Å². The quantitative estimate of drug-likeness (QED) is 0.838. The minimum atomic E-state index is -0.295. The molecule has 3 N–H and O–H groups in total. The molecule has 2 heterocycles. The monoisotopic (exact) mass is 275 g/mol. The number of carbonyl (C=O) groups is 1. The molecular formula is C15H21N3O2. The van der Waals surface area contributed by atoms with Gasteiger partial charge in [0.1, 0.15) is 5.56 Å². The van der Waals surface area contributed by atoms with Gasteiger partial charge in [0.2, 0.25) is 0 Å².